The van der Waals surface area contributed by atoms with Gasteiger partial charge in [-0.05, 0) is 45.8 Å². The van der Waals surface area contributed by atoms with E-state index < -0.39 is 0 Å². The van der Waals surface area contributed by atoms with Gasteiger partial charge in [-0.3, -0.25) is 9.69 Å². The monoisotopic (exact) mass is 241 g/mol. The van der Waals surface area contributed by atoms with Crippen LogP contribution in [0.4, 0.5) is 0 Å². The zero-order chi connectivity index (χ0) is 12.7. The van der Waals surface area contributed by atoms with E-state index in [1.54, 1.807) is 0 Å². The predicted octanol–water partition coefficient (Wildman–Crippen LogP) is 0.975. The number of hydrogen-bond acceptors (Lipinski definition) is 3. The first-order valence-electron chi connectivity index (χ1n) is 6.87. The minimum atomic E-state index is 0.166. The lowest BCUT2D eigenvalue weighted by Crippen LogP contribution is -2.46. The van der Waals surface area contributed by atoms with Crippen LogP contribution >= 0.6 is 0 Å². The van der Waals surface area contributed by atoms with Crippen LogP contribution in [-0.2, 0) is 4.79 Å². The fraction of sp³-hybridized carbons (Fsp3) is 0.923. The molecule has 4 nitrogen and oxygen atoms in total. The van der Waals surface area contributed by atoms with Gasteiger partial charge in [-0.15, -0.1) is 0 Å². The number of nitrogens with zero attached hydrogens (tertiary/aromatic N) is 1. The van der Waals surface area contributed by atoms with Crippen molar-refractivity contribution in [2.24, 2.45) is 0 Å². The van der Waals surface area contributed by atoms with Crippen LogP contribution in [0.2, 0.25) is 0 Å². The number of carbonyl (C=O) groups excluding carboxylic acids is 1. The smallest absolute Gasteiger partial charge is 0.234 e. The molecule has 17 heavy (non-hydrogen) atoms. The van der Waals surface area contributed by atoms with E-state index in [9.17, 15) is 4.79 Å². The quantitative estimate of drug-likeness (QED) is 0.728. The van der Waals surface area contributed by atoms with Crippen LogP contribution in [-0.4, -0.2) is 49.6 Å². The van der Waals surface area contributed by atoms with Crippen molar-refractivity contribution in [3.63, 3.8) is 0 Å². The SMILES string of the molecule is CCC(CC)NC(=O)CN(C)C1CCNCC1. The lowest BCUT2D eigenvalue weighted by atomic mass is 10.1. The Morgan fingerprint density at radius 2 is 1.94 bits per heavy atom. The van der Waals surface area contributed by atoms with Crippen LogP contribution in [0.3, 0.4) is 0 Å². The minimum Gasteiger partial charge on any atom is -0.352 e. The lowest BCUT2D eigenvalue weighted by Gasteiger charge is -2.31. The third kappa shape index (κ3) is 5.04. The van der Waals surface area contributed by atoms with Gasteiger partial charge in [-0.25, -0.2) is 0 Å². The Balaban J connectivity index is 2.29. The summed E-state index contributed by atoms with van der Waals surface area (Å²) in [5.41, 5.74) is 0. The van der Waals surface area contributed by atoms with Crippen molar-refractivity contribution in [3.05, 3.63) is 0 Å². The largest absolute Gasteiger partial charge is 0.352 e. The van der Waals surface area contributed by atoms with Crippen molar-refractivity contribution in [2.75, 3.05) is 26.7 Å². The third-order valence-corrected chi connectivity index (χ3v) is 3.68. The third-order valence-electron chi connectivity index (χ3n) is 3.68. The second-order valence-electron chi connectivity index (χ2n) is 4.98. The fourth-order valence-corrected chi connectivity index (χ4v) is 2.37. The average Bonchev–Trinajstić information content (AvgIpc) is 2.37. The van der Waals surface area contributed by atoms with Crippen LogP contribution in [0, 0.1) is 0 Å². The molecule has 0 atom stereocenters. The van der Waals surface area contributed by atoms with Crippen LogP contribution in [0.25, 0.3) is 0 Å². The summed E-state index contributed by atoms with van der Waals surface area (Å²) in [6.45, 7) is 6.91. The highest BCUT2D eigenvalue weighted by Gasteiger charge is 2.20. The fourth-order valence-electron chi connectivity index (χ4n) is 2.37. The Hall–Kier alpha value is -0.610. The molecule has 100 valence electrons. The van der Waals surface area contributed by atoms with Crippen molar-refractivity contribution < 1.29 is 4.79 Å². The molecule has 1 aliphatic heterocycles. The molecule has 1 amide bonds. The number of likely N-dealkylation sites (N-methyl/N-ethyl adjacent to an activating group) is 1. The maximum atomic E-state index is 11.9. The molecule has 1 fully saturated rings. The van der Waals surface area contributed by atoms with Gasteiger partial charge in [0, 0.05) is 12.1 Å². The van der Waals surface area contributed by atoms with E-state index in [2.05, 4.69) is 36.4 Å². The maximum Gasteiger partial charge on any atom is 0.234 e. The maximum absolute atomic E-state index is 11.9. The first-order chi connectivity index (χ1) is 8.17. The summed E-state index contributed by atoms with van der Waals surface area (Å²) < 4.78 is 0. The van der Waals surface area contributed by atoms with E-state index in [1.165, 1.54) is 0 Å². The van der Waals surface area contributed by atoms with E-state index in [0.29, 0.717) is 18.6 Å². The topological polar surface area (TPSA) is 44.4 Å². The summed E-state index contributed by atoms with van der Waals surface area (Å²) in [4.78, 5) is 14.0. The van der Waals surface area contributed by atoms with Crippen LogP contribution < -0.4 is 10.6 Å². The summed E-state index contributed by atoms with van der Waals surface area (Å²) in [7, 11) is 2.06. The minimum absolute atomic E-state index is 0.166. The molecule has 2 N–H and O–H groups in total. The standard InChI is InChI=1S/C13H27N3O/c1-4-11(5-2)15-13(17)10-16(3)12-6-8-14-9-7-12/h11-12,14H,4-10H2,1-3H3,(H,15,17). The van der Waals surface area contributed by atoms with Crippen molar-refractivity contribution in [1.82, 2.24) is 15.5 Å². The van der Waals surface area contributed by atoms with Gasteiger partial charge in [0.2, 0.25) is 5.91 Å². The predicted molar refractivity (Wildman–Crippen MR) is 71.0 cm³/mol. The lowest BCUT2D eigenvalue weighted by molar-refractivity contribution is -0.123. The van der Waals surface area contributed by atoms with Crippen LogP contribution in [0.1, 0.15) is 39.5 Å². The van der Waals surface area contributed by atoms with Gasteiger partial charge >= 0.3 is 0 Å². The highest BCUT2D eigenvalue weighted by molar-refractivity contribution is 5.78. The first kappa shape index (κ1) is 14.5. The van der Waals surface area contributed by atoms with Crippen LogP contribution in [0.5, 0.6) is 0 Å². The number of amides is 1. The van der Waals surface area contributed by atoms with Gasteiger partial charge in [0.25, 0.3) is 0 Å². The Kier molecular flexibility index (Phi) is 6.52. The number of hydrogen-bond donors (Lipinski definition) is 2. The number of piperidine rings is 1. The molecular weight excluding hydrogens is 214 g/mol. The second-order valence-corrected chi connectivity index (χ2v) is 4.98. The molecule has 0 aromatic carbocycles. The molecule has 4 heteroatoms. The number of nitrogens with one attached hydrogen (secondary N) is 2. The molecule has 1 heterocycles. The molecule has 1 saturated heterocycles. The highest BCUT2D eigenvalue weighted by Crippen LogP contribution is 2.09. The average molecular weight is 241 g/mol. The van der Waals surface area contributed by atoms with Gasteiger partial charge in [0.1, 0.15) is 0 Å². The zero-order valence-electron chi connectivity index (χ0n) is 11.5. The normalized spacial score (nSPS) is 17.7. The molecule has 0 saturated carbocycles. The van der Waals surface area contributed by atoms with E-state index in [-0.39, 0.29) is 5.91 Å². The molecule has 0 radical (unpaired) electrons. The summed E-state index contributed by atoms with van der Waals surface area (Å²) in [5, 5.41) is 6.44. The summed E-state index contributed by atoms with van der Waals surface area (Å²) in [5.74, 6) is 0.166. The van der Waals surface area contributed by atoms with Gasteiger partial charge < -0.3 is 10.6 Å². The number of carbonyl (C=O) groups is 1. The Morgan fingerprint density at radius 1 is 1.35 bits per heavy atom. The highest BCUT2D eigenvalue weighted by atomic mass is 16.2. The molecule has 0 aromatic heterocycles. The Bertz CT molecular complexity index is 223. The molecule has 0 aliphatic carbocycles. The van der Waals surface area contributed by atoms with Crippen molar-refractivity contribution in [2.45, 2.75) is 51.6 Å². The van der Waals surface area contributed by atoms with E-state index in [0.717, 1.165) is 38.8 Å². The van der Waals surface area contributed by atoms with E-state index >= 15 is 0 Å². The first-order valence-corrected chi connectivity index (χ1v) is 6.87. The summed E-state index contributed by atoms with van der Waals surface area (Å²) in [6.07, 6.45) is 4.32. The zero-order valence-corrected chi connectivity index (χ0v) is 11.5. The van der Waals surface area contributed by atoms with Gasteiger partial charge in [-0.1, -0.05) is 13.8 Å². The molecule has 0 aromatic rings. The van der Waals surface area contributed by atoms with Crippen molar-refractivity contribution >= 4 is 5.91 Å². The molecule has 0 bridgehead atoms. The van der Waals surface area contributed by atoms with Gasteiger partial charge in [0.15, 0.2) is 0 Å². The van der Waals surface area contributed by atoms with Crippen molar-refractivity contribution in [1.29, 1.82) is 0 Å². The molecule has 1 aliphatic rings. The molecular formula is C13H27N3O. The van der Waals surface area contributed by atoms with E-state index in [4.69, 9.17) is 0 Å². The second kappa shape index (κ2) is 7.67. The van der Waals surface area contributed by atoms with Gasteiger partial charge in [0.05, 0.1) is 6.54 Å². The number of rotatable bonds is 6. The van der Waals surface area contributed by atoms with Crippen molar-refractivity contribution in [3.8, 4) is 0 Å². The van der Waals surface area contributed by atoms with Crippen LogP contribution in [0.15, 0.2) is 0 Å². The van der Waals surface area contributed by atoms with Gasteiger partial charge in [-0.2, -0.15) is 0 Å². The molecule has 0 spiro atoms. The Labute approximate surface area is 105 Å². The Morgan fingerprint density at radius 3 is 2.47 bits per heavy atom. The molecule has 1 rings (SSSR count). The van der Waals surface area contributed by atoms with E-state index in [1.807, 2.05) is 0 Å². The summed E-state index contributed by atoms with van der Waals surface area (Å²) >= 11 is 0. The summed E-state index contributed by atoms with van der Waals surface area (Å²) in [6, 6.07) is 0.896. The molecule has 0 unspecified atom stereocenters.